The van der Waals surface area contributed by atoms with Crippen molar-refractivity contribution in [1.82, 2.24) is 30.2 Å². The summed E-state index contributed by atoms with van der Waals surface area (Å²) in [5, 5.41) is 29.4. The third-order valence-electron chi connectivity index (χ3n) is 8.61. The molecule has 5 aromatic rings. The number of β-amino-alcohol motifs (C(OH)–C–C–N with tert-alkyl or cyclic N) is 1. The molecular formula is C33H30F2N8O4. The molecule has 0 unspecified atom stereocenters. The van der Waals surface area contributed by atoms with Gasteiger partial charge in [0.05, 0.1) is 17.8 Å². The van der Waals surface area contributed by atoms with Gasteiger partial charge in [0.15, 0.2) is 5.60 Å². The number of anilines is 2. The number of amides is 2. The molecule has 5 N–H and O–H groups in total. The van der Waals surface area contributed by atoms with Gasteiger partial charge in [-0.2, -0.15) is 5.10 Å². The third kappa shape index (κ3) is 6.07. The molecule has 0 bridgehead atoms. The van der Waals surface area contributed by atoms with Crippen molar-refractivity contribution in [3.05, 3.63) is 83.9 Å². The Balaban J connectivity index is 0.952. The minimum Gasteiger partial charge on any atom is -0.404 e. The molecule has 2 aromatic heterocycles. The summed E-state index contributed by atoms with van der Waals surface area (Å²) in [6.45, 7) is 1.11. The van der Waals surface area contributed by atoms with E-state index in [9.17, 15) is 23.5 Å². The number of nitrogens with two attached hydrogens (primary N) is 1. The molecular weight excluding hydrogens is 610 g/mol. The molecule has 0 spiro atoms. The first kappa shape index (κ1) is 30.2. The van der Waals surface area contributed by atoms with Gasteiger partial charge in [0.2, 0.25) is 11.8 Å². The number of nitrogen functional groups attached to an aromatic ring is 1. The molecule has 4 heterocycles. The molecule has 3 aromatic carbocycles. The SMILES string of the molecule is Nc1nnc(-c2ccc(C3=CCN(C(=O)CN4CC[C@@](O)(C(=O)Nc5ccc6[nH]nc(-c7ccc(F)cc7)c6c5)C4)CC3)c(F)c2)o1. The quantitative estimate of drug-likeness (QED) is 0.207. The Morgan fingerprint density at radius 1 is 1.04 bits per heavy atom. The van der Waals surface area contributed by atoms with Crippen molar-refractivity contribution in [1.29, 1.82) is 0 Å². The summed E-state index contributed by atoms with van der Waals surface area (Å²) >= 11 is 0. The van der Waals surface area contributed by atoms with Crippen LogP contribution in [0.15, 0.2) is 71.2 Å². The lowest BCUT2D eigenvalue weighted by molar-refractivity contribution is -0.135. The maximum absolute atomic E-state index is 15.0. The van der Waals surface area contributed by atoms with Crippen LogP contribution in [0.5, 0.6) is 0 Å². The van der Waals surface area contributed by atoms with Crippen LogP contribution in [0.1, 0.15) is 18.4 Å². The molecule has 0 aliphatic carbocycles. The average molecular weight is 641 g/mol. The molecule has 1 saturated heterocycles. The molecule has 12 nitrogen and oxygen atoms in total. The average Bonchev–Trinajstić information content (AvgIpc) is 3.80. The molecule has 0 saturated carbocycles. The van der Waals surface area contributed by atoms with Crippen LogP contribution in [-0.2, 0) is 9.59 Å². The van der Waals surface area contributed by atoms with Crippen LogP contribution in [-0.4, -0.2) is 85.4 Å². The second kappa shape index (κ2) is 12.0. The van der Waals surface area contributed by atoms with Crippen molar-refractivity contribution < 1.29 is 27.9 Å². The Morgan fingerprint density at radius 3 is 2.57 bits per heavy atom. The molecule has 7 rings (SSSR count). The maximum atomic E-state index is 15.0. The van der Waals surface area contributed by atoms with Gasteiger partial charge in [-0.3, -0.25) is 19.6 Å². The van der Waals surface area contributed by atoms with Gasteiger partial charge in [0.1, 0.15) is 11.6 Å². The minimum absolute atomic E-state index is 0.00244. The number of carbonyl (C=O) groups is 2. The number of rotatable bonds is 7. The molecule has 1 fully saturated rings. The van der Waals surface area contributed by atoms with E-state index < -0.39 is 17.3 Å². The van der Waals surface area contributed by atoms with E-state index >= 15 is 0 Å². The molecule has 1 atom stereocenters. The Morgan fingerprint density at radius 2 is 1.85 bits per heavy atom. The van der Waals surface area contributed by atoms with E-state index in [0.717, 1.165) is 16.5 Å². The molecule has 0 radical (unpaired) electrons. The fraction of sp³-hybridized carbons (Fsp3) is 0.242. The lowest BCUT2D eigenvalue weighted by atomic mass is 9.97. The van der Waals surface area contributed by atoms with Gasteiger partial charge in [0.25, 0.3) is 5.91 Å². The third-order valence-corrected chi connectivity index (χ3v) is 8.61. The van der Waals surface area contributed by atoms with Crippen molar-refractivity contribution in [3.8, 4) is 22.7 Å². The van der Waals surface area contributed by atoms with E-state index in [2.05, 4.69) is 25.7 Å². The number of hydrogen-bond acceptors (Lipinski definition) is 9. The van der Waals surface area contributed by atoms with Crippen molar-refractivity contribution in [2.45, 2.75) is 18.4 Å². The number of aromatic amines is 1. The normalized spacial score (nSPS) is 18.4. The zero-order chi connectivity index (χ0) is 32.7. The van der Waals surface area contributed by atoms with Gasteiger partial charge in [-0.15, -0.1) is 5.10 Å². The predicted octanol–water partition coefficient (Wildman–Crippen LogP) is 3.83. The summed E-state index contributed by atoms with van der Waals surface area (Å²) in [6.07, 6.45) is 2.46. The molecule has 2 aliphatic heterocycles. The summed E-state index contributed by atoms with van der Waals surface area (Å²) in [5.74, 6) is -1.39. The van der Waals surface area contributed by atoms with Crippen LogP contribution in [0.25, 0.3) is 39.2 Å². The predicted molar refractivity (Wildman–Crippen MR) is 169 cm³/mol. The highest BCUT2D eigenvalue weighted by atomic mass is 19.1. The fourth-order valence-electron chi connectivity index (χ4n) is 6.05. The number of nitrogens with zero attached hydrogens (tertiary/aromatic N) is 5. The van der Waals surface area contributed by atoms with Crippen LogP contribution >= 0.6 is 0 Å². The first-order valence-electron chi connectivity index (χ1n) is 15.0. The molecule has 2 aliphatic rings. The summed E-state index contributed by atoms with van der Waals surface area (Å²) in [6, 6.07) is 15.7. The second-order valence-corrected chi connectivity index (χ2v) is 11.7. The van der Waals surface area contributed by atoms with Crippen LogP contribution in [0.3, 0.4) is 0 Å². The van der Waals surface area contributed by atoms with Gasteiger partial charge in [-0.25, -0.2) is 8.78 Å². The number of H-pyrrole nitrogens is 1. The van der Waals surface area contributed by atoms with E-state index in [1.807, 2.05) is 6.08 Å². The highest BCUT2D eigenvalue weighted by Gasteiger charge is 2.43. The molecule has 240 valence electrons. The standard InChI is InChI=1S/C33H30F2N8O4/c34-22-4-1-20(2-5-22)29-25-16-23(6-8-27(25)38-39-29)37-31(45)33(46)11-14-42(18-33)17-28(44)43-12-9-19(10-13-43)24-7-3-21(15-26(24)35)30-40-41-32(36)47-30/h1-9,15-16,46H,10-14,17-18H2,(H2,36,41)(H,37,45)(H,38,39)/t33-/m0/s1. The highest BCUT2D eigenvalue weighted by molar-refractivity contribution is 6.01. The Kier molecular flexibility index (Phi) is 7.74. The van der Waals surface area contributed by atoms with Crippen molar-refractivity contribution in [2.75, 3.05) is 43.8 Å². The summed E-state index contributed by atoms with van der Waals surface area (Å²) in [4.78, 5) is 29.8. The second-order valence-electron chi connectivity index (χ2n) is 11.7. The number of likely N-dealkylation sites (tertiary alicyclic amines) is 1. The summed E-state index contributed by atoms with van der Waals surface area (Å²) in [7, 11) is 0. The maximum Gasteiger partial charge on any atom is 0.313 e. The molecule has 2 amide bonds. The van der Waals surface area contributed by atoms with Crippen LogP contribution in [0.4, 0.5) is 20.5 Å². The Labute approximate surface area is 266 Å². The van der Waals surface area contributed by atoms with E-state index in [1.54, 1.807) is 52.3 Å². The van der Waals surface area contributed by atoms with Gasteiger partial charge in [0, 0.05) is 53.9 Å². The van der Waals surface area contributed by atoms with Gasteiger partial charge in [-0.1, -0.05) is 17.2 Å². The number of fused-ring (bicyclic) bond motifs is 1. The van der Waals surface area contributed by atoms with E-state index in [-0.39, 0.29) is 43.1 Å². The van der Waals surface area contributed by atoms with E-state index in [0.29, 0.717) is 54.1 Å². The molecule has 14 heteroatoms. The van der Waals surface area contributed by atoms with Crippen molar-refractivity contribution >= 4 is 40.0 Å². The Bertz CT molecular complexity index is 2020. The number of nitrogens with one attached hydrogen (secondary N) is 2. The van der Waals surface area contributed by atoms with Gasteiger partial charge in [-0.05, 0) is 73.0 Å². The fourth-order valence-corrected chi connectivity index (χ4v) is 6.05. The van der Waals surface area contributed by atoms with E-state index in [4.69, 9.17) is 10.2 Å². The lowest BCUT2D eigenvalue weighted by Gasteiger charge is -2.29. The number of aromatic nitrogens is 4. The minimum atomic E-state index is -1.68. The monoisotopic (exact) mass is 640 g/mol. The number of hydrogen-bond donors (Lipinski definition) is 4. The Hall–Kier alpha value is -5.47. The summed E-state index contributed by atoms with van der Waals surface area (Å²) in [5.41, 5.74) is 7.94. The smallest absolute Gasteiger partial charge is 0.313 e. The highest BCUT2D eigenvalue weighted by Crippen LogP contribution is 2.31. The van der Waals surface area contributed by atoms with Crippen molar-refractivity contribution in [2.24, 2.45) is 0 Å². The number of halogens is 2. The zero-order valence-corrected chi connectivity index (χ0v) is 25.0. The van der Waals surface area contributed by atoms with E-state index in [1.165, 1.54) is 18.2 Å². The van der Waals surface area contributed by atoms with Gasteiger partial charge >= 0.3 is 6.01 Å². The largest absolute Gasteiger partial charge is 0.404 e. The summed E-state index contributed by atoms with van der Waals surface area (Å²) < 4.78 is 33.5. The first-order chi connectivity index (χ1) is 22.6. The van der Waals surface area contributed by atoms with Crippen LogP contribution in [0.2, 0.25) is 0 Å². The number of aliphatic hydroxyl groups is 1. The topological polar surface area (TPSA) is 166 Å². The van der Waals surface area contributed by atoms with Gasteiger partial charge < -0.3 is 25.5 Å². The lowest BCUT2D eigenvalue weighted by Crippen LogP contribution is -2.47. The van der Waals surface area contributed by atoms with Crippen LogP contribution < -0.4 is 11.1 Å². The van der Waals surface area contributed by atoms with Crippen LogP contribution in [0, 0.1) is 11.6 Å². The first-order valence-corrected chi connectivity index (χ1v) is 15.0. The number of benzene rings is 3. The number of carbonyl (C=O) groups excluding carboxylic acids is 2. The molecule has 47 heavy (non-hydrogen) atoms. The zero-order valence-electron chi connectivity index (χ0n) is 25.0. The van der Waals surface area contributed by atoms with Crippen molar-refractivity contribution in [3.63, 3.8) is 0 Å².